The average molecular weight is 254 g/mol. The second-order valence-corrected chi connectivity index (χ2v) is 5.69. The number of hydrogen-bond acceptors (Lipinski definition) is 3. The van der Waals surface area contributed by atoms with Gasteiger partial charge in [-0.05, 0) is 52.0 Å². The number of likely N-dealkylation sites (N-methyl/N-ethyl adjacent to an activating group) is 1. The number of nitrogens with one attached hydrogen (secondary N) is 1. The highest BCUT2D eigenvalue weighted by atomic mass is 16.5. The standard InChI is InChI=1S/C14H26N2O2/c1-11-5-3-7-13(15-2)14(17)16(11)9-12-6-4-8-18-10-12/h11-13,15H,3-10H2,1-2H3. The van der Waals surface area contributed by atoms with Crippen LogP contribution in [0.15, 0.2) is 0 Å². The molecule has 3 atom stereocenters. The van der Waals surface area contributed by atoms with E-state index in [0.717, 1.165) is 45.4 Å². The first-order valence-corrected chi connectivity index (χ1v) is 7.28. The van der Waals surface area contributed by atoms with E-state index in [-0.39, 0.29) is 11.9 Å². The summed E-state index contributed by atoms with van der Waals surface area (Å²) in [7, 11) is 1.89. The average Bonchev–Trinajstić information content (AvgIpc) is 2.53. The number of nitrogens with zero attached hydrogens (tertiary/aromatic N) is 1. The second kappa shape index (κ2) is 6.53. The number of hydrogen-bond donors (Lipinski definition) is 1. The summed E-state index contributed by atoms with van der Waals surface area (Å²) in [4.78, 5) is 14.6. The van der Waals surface area contributed by atoms with Gasteiger partial charge in [-0.2, -0.15) is 0 Å². The Balaban J connectivity index is 1.99. The Morgan fingerprint density at radius 1 is 1.33 bits per heavy atom. The molecule has 18 heavy (non-hydrogen) atoms. The highest BCUT2D eigenvalue weighted by Crippen LogP contribution is 2.22. The van der Waals surface area contributed by atoms with Gasteiger partial charge in [0.1, 0.15) is 0 Å². The van der Waals surface area contributed by atoms with E-state index >= 15 is 0 Å². The van der Waals surface area contributed by atoms with Crippen molar-refractivity contribution in [3.63, 3.8) is 0 Å². The van der Waals surface area contributed by atoms with E-state index in [1.807, 2.05) is 7.05 Å². The van der Waals surface area contributed by atoms with E-state index < -0.39 is 0 Å². The van der Waals surface area contributed by atoms with Crippen LogP contribution in [0.1, 0.15) is 39.0 Å². The molecule has 2 fully saturated rings. The Hall–Kier alpha value is -0.610. The summed E-state index contributed by atoms with van der Waals surface area (Å²) in [6, 6.07) is 0.386. The molecule has 0 saturated carbocycles. The van der Waals surface area contributed by atoms with Crippen molar-refractivity contribution >= 4 is 5.91 Å². The summed E-state index contributed by atoms with van der Waals surface area (Å²) in [5.41, 5.74) is 0. The molecule has 1 N–H and O–H groups in total. The zero-order chi connectivity index (χ0) is 13.0. The summed E-state index contributed by atoms with van der Waals surface area (Å²) < 4.78 is 5.52. The monoisotopic (exact) mass is 254 g/mol. The van der Waals surface area contributed by atoms with Crippen LogP contribution in [0.5, 0.6) is 0 Å². The molecule has 0 aliphatic carbocycles. The van der Waals surface area contributed by atoms with Crippen molar-refractivity contribution in [1.82, 2.24) is 10.2 Å². The van der Waals surface area contributed by atoms with Crippen LogP contribution in [-0.4, -0.2) is 49.7 Å². The van der Waals surface area contributed by atoms with E-state index in [1.54, 1.807) is 0 Å². The number of carbonyl (C=O) groups excluding carboxylic acids is 1. The highest BCUT2D eigenvalue weighted by Gasteiger charge is 2.31. The van der Waals surface area contributed by atoms with Gasteiger partial charge in [0, 0.05) is 19.2 Å². The molecular formula is C14H26N2O2. The van der Waals surface area contributed by atoms with Crippen molar-refractivity contribution < 1.29 is 9.53 Å². The van der Waals surface area contributed by atoms with Crippen LogP contribution < -0.4 is 5.32 Å². The first-order chi connectivity index (χ1) is 8.72. The summed E-state index contributed by atoms with van der Waals surface area (Å²) in [6.07, 6.45) is 5.56. The predicted octanol–water partition coefficient (Wildman–Crippen LogP) is 1.40. The minimum Gasteiger partial charge on any atom is -0.381 e. The second-order valence-electron chi connectivity index (χ2n) is 5.69. The van der Waals surface area contributed by atoms with Crippen LogP contribution in [0.2, 0.25) is 0 Å². The van der Waals surface area contributed by atoms with Crippen LogP contribution in [0.25, 0.3) is 0 Å². The van der Waals surface area contributed by atoms with Gasteiger partial charge in [0.15, 0.2) is 0 Å². The van der Waals surface area contributed by atoms with Crippen molar-refractivity contribution in [2.45, 2.75) is 51.1 Å². The molecule has 4 heteroatoms. The largest absolute Gasteiger partial charge is 0.381 e. The molecule has 0 spiro atoms. The lowest BCUT2D eigenvalue weighted by Crippen LogP contribution is -2.49. The fraction of sp³-hybridized carbons (Fsp3) is 0.929. The van der Waals surface area contributed by atoms with Gasteiger partial charge in [-0.3, -0.25) is 4.79 Å². The Kier molecular flexibility index (Phi) is 5.01. The minimum atomic E-state index is 0.0134. The molecule has 4 nitrogen and oxygen atoms in total. The SMILES string of the molecule is CNC1CCCC(C)N(CC2CCCOC2)C1=O. The normalized spacial score (nSPS) is 34.4. The van der Waals surface area contributed by atoms with Gasteiger partial charge in [-0.1, -0.05) is 0 Å². The number of amides is 1. The quantitative estimate of drug-likeness (QED) is 0.828. The molecule has 104 valence electrons. The number of ether oxygens (including phenoxy) is 1. The number of likely N-dealkylation sites (tertiary alicyclic amines) is 1. The highest BCUT2D eigenvalue weighted by molar-refractivity contribution is 5.82. The maximum absolute atomic E-state index is 12.5. The molecule has 0 radical (unpaired) electrons. The molecule has 2 aliphatic heterocycles. The van der Waals surface area contributed by atoms with Gasteiger partial charge in [-0.25, -0.2) is 0 Å². The van der Waals surface area contributed by atoms with E-state index in [1.165, 1.54) is 6.42 Å². The van der Waals surface area contributed by atoms with Crippen molar-refractivity contribution in [2.24, 2.45) is 5.92 Å². The van der Waals surface area contributed by atoms with Gasteiger partial charge in [0.2, 0.25) is 5.91 Å². The van der Waals surface area contributed by atoms with E-state index in [9.17, 15) is 4.79 Å². The molecule has 1 amide bonds. The predicted molar refractivity (Wildman–Crippen MR) is 71.4 cm³/mol. The summed E-state index contributed by atoms with van der Waals surface area (Å²) >= 11 is 0. The number of rotatable bonds is 3. The van der Waals surface area contributed by atoms with Crippen LogP contribution in [-0.2, 0) is 9.53 Å². The molecule has 2 heterocycles. The topological polar surface area (TPSA) is 41.6 Å². The van der Waals surface area contributed by atoms with Gasteiger partial charge in [-0.15, -0.1) is 0 Å². The molecular weight excluding hydrogens is 228 g/mol. The molecule has 3 unspecified atom stereocenters. The Morgan fingerprint density at radius 3 is 2.83 bits per heavy atom. The molecule has 2 aliphatic rings. The van der Waals surface area contributed by atoms with Crippen LogP contribution >= 0.6 is 0 Å². The fourth-order valence-corrected chi connectivity index (χ4v) is 3.08. The maximum Gasteiger partial charge on any atom is 0.239 e. The third kappa shape index (κ3) is 3.23. The smallest absolute Gasteiger partial charge is 0.239 e. The lowest BCUT2D eigenvalue weighted by molar-refractivity contribution is -0.136. The van der Waals surface area contributed by atoms with E-state index in [2.05, 4.69) is 17.1 Å². The molecule has 0 aromatic carbocycles. The maximum atomic E-state index is 12.5. The Bertz CT molecular complexity index is 277. The van der Waals surface area contributed by atoms with Crippen molar-refractivity contribution in [2.75, 3.05) is 26.8 Å². The van der Waals surface area contributed by atoms with E-state index in [0.29, 0.717) is 12.0 Å². The molecule has 0 aromatic heterocycles. The third-order valence-electron chi connectivity index (χ3n) is 4.29. The van der Waals surface area contributed by atoms with Crippen molar-refractivity contribution in [3.8, 4) is 0 Å². The summed E-state index contributed by atoms with van der Waals surface area (Å²) in [5.74, 6) is 0.814. The third-order valence-corrected chi connectivity index (χ3v) is 4.29. The van der Waals surface area contributed by atoms with Gasteiger partial charge < -0.3 is 15.0 Å². The van der Waals surface area contributed by atoms with Crippen LogP contribution in [0.4, 0.5) is 0 Å². The lowest BCUT2D eigenvalue weighted by atomic mass is 10.0. The number of carbonyl (C=O) groups is 1. The summed E-state index contributed by atoms with van der Waals surface area (Å²) in [6.45, 7) is 4.76. The van der Waals surface area contributed by atoms with Crippen LogP contribution in [0, 0.1) is 5.92 Å². The Morgan fingerprint density at radius 2 is 2.17 bits per heavy atom. The first-order valence-electron chi connectivity index (χ1n) is 7.28. The lowest BCUT2D eigenvalue weighted by Gasteiger charge is -2.34. The molecule has 0 aromatic rings. The van der Waals surface area contributed by atoms with Crippen molar-refractivity contribution in [3.05, 3.63) is 0 Å². The summed E-state index contributed by atoms with van der Waals surface area (Å²) in [5, 5.41) is 3.16. The van der Waals surface area contributed by atoms with Gasteiger partial charge in [0.05, 0.1) is 12.6 Å². The van der Waals surface area contributed by atoms with Gasteiger partial charge >= 0.3 is 0 Å². The zero-order valence-electron chi connectivity index (χ0n) is 11.7. The van der Waals surface area contributed by atoms with Crippen molar-refractivity contribution in [1.29, 1.82) is 0 Å². The minimum absolute atomic E-state index is 0.0134. The zero-order valence-corrected chi connectivity index (χ0v) is 11.7. The molecule has 0 bridgehead atoms. The first kappa shape index (κ1) is 13.8. The molecule has 2 saturated heterocycles. The van der Waals surface area contributed by atoms with Gasteiger partial charge in [0.25, 0.3) is 0 Å². The Labute approximate surface area is 110 Å². The van der Waals surface area contributed by atoms with Crippen LogP contribution in [0.3, 0.4) is 0 Å². The van der Waals surface area contributed by atoms with E-state index in [4.69, 9.17) is 4.74 Å². The fourth-order valence-electron chi connectivity index (χ4n) is 3.08. The molecule has 2 rings (SSSR count).